The molecular weight excluding hydrogens is 359 g/mol. The van der Waals surface area contributed by atoms with Gasteiger partial charge < -0.3 is 9.73 Å². The minimum absolute atomic E-state index is 0.0130. The van der Waals surface area contributed by atoms with Crippen LogP contribution in [0.5, 0.6) is 0 Å². The first-order valence-electron chi connectivity index (χ1n) is 9.07. The molecule has 1 aromatic heterocycles. The Labute approximate surface area is 162 Å². The van der Waals surface area contributed by atoms with Crippen LogP contribution < -0.4 is 5.32 Å². The van der Waals surface area contributed by atoms with Crippen LogP contribution in [-0.2, 0) is 17.6 Å². The number of halogens is 1. The predicted molar refractivity (Wildman–Crippen MR) is 103 cm³/mol. The molecule has 0 aliphatic rings. The van der Waals surface area contributed by atoms with E-state index in [0.717, 1.165) is 12.0 Å². The maximum Gasteiger partial charge on any atom is 0.226 e. The molecule has 0 aliphatic heterocycles. The highest BCUT2D eigenvalue weighted by Crippen LogP contribution is 2.22. The topological polar surface area (TPSA) is 72.2 Å². The van der Waals surface area contributed by atoms with E-state index < -0.39 is 5.82 Å². The summed E-state index contributed by atoms with van der Waals surface area (Å²) in [6.45, 7) is 3.68. The second-order valence-corrected chi connectivity index (χ2v) is 6.46. The Kier molecular flexibility index (Phi) is 5.99. The number of benzene rings is 2. The van der Waals surface area contributed by atoms with Crippen molar-refractivity contribution in [3.8, 4) is 11.5 Å². The highest BCUT2D eigenvalue weighted by atomic mass is 19.1. The van der Waals surface area contributed by atoms with E-state index in [-0.39, 0.29) is 24.7 Å². The average Bonchev–Trinajstić information content (AvgIpc) is 3.07. The van der Waals surface area contributed by atoms with E-state index in [1.807, 2.05) is 24.3 Å². The van der Waals surface area contributed by atoms with Crippen molar-refractivity contribution in [1.29, 1.82) is 0 Å². The molecule has 0 aliphatic carbocycles. The third-order valence-electron chi connectivity index (χ3n) is 4.44. The molecule has 28 heavy (non-hydrogen) atoms. The van der Waals surface area contributed by atoms with Gasteiger partial charge in [-0.25, -0.2) is 9.37 Å². The number of aromatic nitrogens is 1. The zero-order chi connectivity index (χ0) is 20.1. The molecule has 1 amide bonds. The van der Waals surface area contributed by atoms with Crippen LogP contribution in [0.1, 0.15) is 34.3 Å². The van der Waals surface area contributed by atoms with Gasteiger partial charge in [0.15, 0.2) is 5.78 Å². The smallest absolute Gasteiger partial charge is 0.226 e. The second kappa shape index (κ2) is 8.61. The number of rotatable bonds is 7. The third kappa shape index (κ3) is 4.71. The summed E-state index contributed by atoms with van der Waals surface area (Å²) >= 11 is 0. The summed E-state index contributed by atoms with van der Waals surface area (Å²) < 4.78 is 18.6. The predicted octanol–water partition coefficient (Wildman–Crippen LogP) is 3.89. The monoisotopic (exact) mass is 380 g/mol. The molecule has 1 N–H and O–H groups in total. The maximum absolute atomic E-state index is 12.9. The fraction of sp³-hybridized carbons (Fsp3) is 0.227. The largest absolute Gasteiger partial charge is 0.441 e. The first kappa shape index (κ1) is 19.5. The Bertz CT molecular complexity index is 976. The van der Waals surface area contributed by atoms with E-state index in [1.165, 1.54) is 29.8 Å². The summed E-state index contributed by atoms with van der Waals surface area (Å²) in [5.74, 6) is -0.0103. The van der Waals surface area contributed by atoms with Gasteiger partial charge in [0.1, 0.15) is 11.6 Å². The number of hydrogen-bond acceptors (Lipinski definition) is 4. The minimum atomic E-state index is -0.415. The molecule has 0 atom stereocenters. The Hall–Kier alpha value is -3.28. The lowest BCUT2D eigenvalue weighted by molar-refractivity contribution is -0.120. The summed E-state index contributed by atoms with van der Waals surface area (Å²) in [6.07, 6.45) is 0.964. The van der Waals surface area contributed by atoms with Gasteiger partial charge in [-0.2, -0.15) is 0 Å². The molecule has 0 saturated heterocycles. The lowest BCUT2D eigenvalue weighted by atomic mass is 10.1. The number of nitrogens with zero attached hydrogens (tertiary/aromatic N) is 1. The quantitative estimate of drug-likeness (QED) is 0.631. The zero-order valence-electron chi connectivity index (χ0n) is 15.8. The summed E-state index contributed by atoms with van der Waals surface area (Å²) in [5, 5.41) is 2.57. The number of carbonyl (C=O) groups is 2. The van der Waals surface area contributed by atoms with Crippen molar-refractivity contribution in [1.82, 2.24) is 10.3 Å². The SMILES string of the molecule is CCc1ccc(-c2nc(CC(=O)NCC(=O)c3ccc(F)cc3)c(C)o2)cc1. The third-order valence-corrected chi connectivity index (χ3v) is 4.44. The molecular formula is C22H21FN2O3. The Balaban J connectivity index is 1.60. The normalized spacial score (nSPS) is 10.7. The van der Waals surface area contributed by atoms with Crippen molar-refractivity contribution < 1.29 is 18.4 Å². The zero-order valence-corrected chi connectivity index (χ0v) is 15.8. The first-order valence-corrected chi connectivity index (χ1v) is 9.07. The number of ketones is 1. The minimum Gasteiger partial charge on any atom is -0.441 e. The number of aryl methyl sites for hydroxylation is 2. The number of oxazole rings is 1. The van der Waals surface area contributed by atoms with E-state index in [1.54, 1.807) is 6.92 Å². The van der Waals surface area contributed by atoms with E-state index in [9.17, 15) is 14.0 Å². The fourth-order valence-electron chi connectivity index (χ4n) is 2.73. The van der Waals surface area contributed by atoms with Gasteiger partial charge in [0.2, 0.25) is 11.8 Å². The van der Waals surface area contributed by atoms with Gasteiger partial charge in [-0.3, -0.25) is 9.59 Å². The van der Waals surface area contributed by atoms with Crippen molar-refractivity contribution in [3.63, 3.8) is 0 Å². The Morgan fingerprint density at radius 1 is 1.07 bits per heavy atom. The van der Waals surface area contributed by atoms with Gasteiger partial charge in [0.05, 0.1) is 18.7 Å². The number of Topliss-reactive ketones (excluding diaryl/α,β-unsaturated/α-hetero) is 1. The van der Waals surface area contributed by atoms with E-state index in [2.05, 4.69) is 17.2 Å². The molecule has 144 valence electrons. The highest BCUT2D eigenvalue weighted by molar-refractivity contribution is 5.99. The van der Waals surface area contributed by atoms with E-state index in [0.29, 0.717) is 22.9 Å². The van der Waals surface area contributed by atoms with Crippen molar-refractivity contribution in [2.75, 3.05) is 6.54 Å². The van der Waals surface area contributed by atoms with E-state index in [4.69, 9.17) is 4.42 Å². The van der Waals surface area contributed by atoms with Crippen LogP contribution in [0.15, 0.2) is 52.9 Å². The Morgan fingerprint density at radius 3 is 2.39 bits per heavy atom. The summed E-state index contributed by atoms with van der Waals surface area (Å²) in [4.78, 5) is 28.6. The number of carbonyl (C=O) groups excluding carboxylic acids is 2. The van der Waals surface area contributed by atoms with Crippen LogP contribution in [0.25, 0.3) is 11.5 Å². The van der Waals surface area contributed by atoms with Crippen LogP contribution in [0, 0.1) is 12.7 Å². The lowest BCUT2D eigenvalue weighted by Gasteiger charge is -2.04. The molecule has 2 aromatic carbocycles. The molecule has 5 nitrogen and oxygen atoms in total. The maximum atomic E-state index is 12.9. The number of amides is 1. The fourth-order valence-corrected chi connectivity index (χ4v) is 2.73. The van der Waals surface area contributed by atoms with Crippen molar-refractivity contribution in [3.05, 3.63) is 76.9 Å². The van der Waals surface area contributed by atoms with Crippen LogP contribution >= 0.6 is 0 Å². The van der Waals surface area contributed by atoms with Crippen LogP contribution in [0.2, 0.25) is 0 Å². The van der Waals surface area contributed by atoms with Crippen molar-refractivity contribution in [2.45, 2.75) is 26.7 Å². The van der Waals surface area contributed by atoms with E-state index >= 15 is 0 Å². The summed E-state index contributed by atoms with van der Waals surface area (Å²) in [5.41, 5.74) is 2.94. The van der Waals surface area contributed by atoms with Gasteiger partial charge in [0.25, 0.3) is 0 Å². The second-order valence-electron chi connectivity index (χ2n) is 6.46. The molecule has 3 aromatic rings. The molecule has 0 radical (unpaired) electrons. The van der Waals surface area contributed by atoms with Gasteiger partial charge in [0, 0.05) is 11.1 Å². The Morgan fingerprint density at radius 2 is 1.75 bits per heavy atom. The van der Waals surface area contributed by atoms with Crippen LogP contribution in [0.4, 0.5) is 4.39 Å². The highest BCUT2D eigenvalue weighted by Gasteiger charge is 2.15. The molecule has 0 bridgehead atoms. The van der Waals surface area contributed by atoms with Gasteiger partial charge in [-0.15, -0.1) is 0 Å². The summed E-state index contributed by atoms with van der Waals surface area (Å²) in [7, 11) is 0. The van der Waals surface area contributed by atoms with Crippen LogP contribution in [-0.4, -0.2) is 23.2 Å². The van der Waals surface area contributed by atoms with Crippen LogP contribution in [0.3, 0.4) is 0 Å². The lowest BCUT2D eigenvalue weighted by Crippen LogP contribution is -2.31. The summed E-state index contributed by atoms with van der Waals surface area (Å²) in [6, 6.07) is 13.1. The molecule has 0 spiro atoms. The number of hydrogen-bond donors (Lipinski definition) is 1. The average molecular weight is 380 g/mol. The molecule has 0 fully saturated rings. The molecule has 3 rings (SSSR count). The number of nitrogens with one attached hydrogen (secondary N) is 1. The van der Waals surface area contributed by atoms with Gasteiger partial charge in [-0.05, 0) is 55.3 Å². The van der Waals surface area contributed by atoms with Gasteiger partial charge in [-0.1, -0.05) is 19.1 Å². The standard InChI is InChI=1S/C22H21FN2O3/c1-3-15-4-6-17(7-5-15)22-25-19(14(2)28-22)12-21(27)24-13-20(26)16-8-10-18(23)11-9-16/h4-11H,3,12-13H2,1-2H3,(H,24,27). The molecule has 6 heteroatoms. The van der Waals surface area contributed by atoms with Gasteiger partial charge >= 0.3 is 0 Å². The first-order chi connectivity index (χ1) is 13.5. The molecule has 0 saturated carbocycles. The molecule has 1 heterocycles. The molecule has 0 unspecified atom stereocenters. The van der Waals surface area contributed by atoms with Crippen molar-refractivity contribution in [2.24, 2.45) is 0 Å². The van der Waals surface area contributed by atoms with Crippen molar-refractivity contribution >= 4 is 11.7 Å².